The Hall–Kier alpha value is -3.35. The molecule has 2 aromatic carbocycles. The summed E-state index contributed by atoms with van der Waals surface area (Å²) in [5, 5.41) is 5.55. The van der Waals surface area contributed by atoms with Crippen molar-refractivity contribution in [3.8, 4) is 0 Å². The van der Waals surface area contributed by atoms with Crippen molar-refractivity contribution in [2.75, 3.05) is 10.6 Å². The maximum atomic E-state index is 13.2. The van der Waals surface area contributed by atoms with Crippen LogP contribution in [0.25, 0.3) is 0 Å². The molecule has 1 heterocycles. The predicted molar refractivity (Wildman–Crippen MR) is 94.8 cm³/mol. The Bertz CT molecular complexity index is 912. The van der Waals surface area contributed by atoms with Crippen LogP contribution < -0.4 is 10.6 Å². The minimum atomic E-state index is -1.04. The number of halogens is 2. The fourth-order valence-electron chi connectivity index (χ4n) is 2.20. The molecular weight excluding hydrogens is 338 g/mol. The Balaban J connectivity index is 1.60. The third kappa shape index (κ3) is 4.38. The third-order valence-electron chi connectivity index (χ3n) is 3.66. The molecule has 0 saturated carbocycles. The summed E-state index contributed by atoms with van der Waals surface area (Å²) < 4.78 is 26.1. The monoisotopic (exact) mass is 354 g/mol. The van der Waals surface area contributed by atoms with Crippen LogP contribution in [0.15, 0.2) is 54.9 Å². The average Bonchev–Trinajstić information content (AvgIpc) is 2.65. The summed E-state index contributed by atoms with van der Waals surface area (Å²) in [6.07, 6.45) is 2.75. The maximum Gasteiger partial charge on any atom is 0.275 e. The summed E-state index contributed by atoms with van der Waals surface area (Å²) >= 11 is 0. The van der Waals surface area contributed by atoms with Crippen LogP contribution in [0.2, 0.25) is 0 Å². The number of aromatic nitrogens is 2. The van der Waals surface area contributed by atoms with Crippen LogP contribution >= 0.6 is 0 Å². The van der Waals surface area contributed by atoms with Crippen molar-refractivity contribution in [2.45, 2.75) is 13.5 Å². The molecule has 2 N–H and O–H groups in total. The predicted octanol–water partition coefficient (Wildman–Crippen LogP) is 3.93. The smallest absolute Gasteiger partial charge is 0.275 e. The Morgan fingerprint density at radius 1 is 1.00 bits per heavy atom. The van der Waals surface area contributed by atoms with Gasteiger partial charge in [0.05, 0.1) is 12.4 Å². The number of carbonyl (C=O) groups is 1. The van der Waals surface area contributed by atoms with Crippen molar-refractivity contribution in [1.29, 1.82) is 0 Å². The van der Waals surface area contributed by atoms with Crippen LogP contribution in [0.5, 0.6) is 0 Å². The molecule has 1 aromatic heterocycles. The van der Waals surface area contributed by atoms with Gasteiger partial charge in [-0.1, -0.05) is 29.8 Å². The van der Waals surface area contributed by atoms with Gasteiger partial charge < -0.3 is 10.6 Å². The van der Waals surface area contributed by atoms with Crippen LogP contribution in [0.3, 0.4) is 0 Å². The fraction of sp³-hybridized carbons (Fsp3) is 0.105. The number of amides is 1. The highest BCUT2D eigenvalue weighted by molar-refractivity contribution is 6.02. The topological polar surface area (TPSA) is 66.9 Å². The van der Waals surface area contributed by atoms with Crippen LogP contribution in [-0.2, 0) is 6.54 Å². The van der Waals surface area contributed by atoms with E-state index in [9.17, 15) is 13.6 Å². The molecule has 3 rings (SSSR count). The molecule has 0 unspecified atom stereocenters. The Labute approximate surface area is 149 Å². The molecule has 132 valence electrons. The zero-order valence-electron chi connectivity index (χ0n) is 14.0. The van der Waals surface area contributed by atoms with Gasteiger partial charge in [-0.3, -0.25) is 4.79 Å². The Kier molecular flexibility index (Phi) is 5.17. The van der Waals surface area contributed by atoms with Crippen LogP contribution in [-0.4, -0.2) is 15.9 Å². The van der Waals surface area contributed by atoms with Crippen molar-refractivity contribution >= 4 is 17.4 Å². The highest BCUT2D eigenvalue weighted by atomic mass is 19.2. The van der Waals surface area contributed by atoms with Crippen molar-refractivity contribution in [1.82, 2.24) is 9.97 Å². The molecule has 0 aliphatic carbocycles. The first-order valence-electron chi connectivity index (χ1n) is 7.89. The van der Waals surface area contributed by atoms with Gasteiger partial charge in [-0.2, -0.15) is 0 Å². The van der Waals surface area contributed by atoms with E-state index in [2.05, 4.69) is 20.6 Å². The summed E-state index contributed by atoms with van der Waals surface area (Å²) in [6.45, 7) is 2.60. The van der Waals surface area contributed by atoms with Gasteiger partial charge in [-0.25, -0.2) is 18.7 Å². The molecule has 7 heteroatoms. The van der Waals surface area contributed by atoms with E-state index in [-0.39, 0.29) is 11.4 Å². The fourth-order valence-corrected chi connectivity index (χ4v) is 2.20. The summed E-state index contributed by atoms with van der Waals surface area (Å²) in [5.74, 6) is -2.06. The zero-order chi connectivity index (χ0) is 18.5. The molecule has 0 fully saturated rings. The van der Waals surface area contributed by atoms with E-state index < -0.39 is 17.5 Å². The molecule has 0 saturated heterocycles. The quantitative estimate of drug-likeness (QED) is 0.729. The zero-order valence-corrected chi connectivity index (χ0v) is 14.0. The van der Waals surface area contributed by atoms with Gasteiger partial charge in [0, 0.05) is 18.3 Å². The van der Waals surface area contributed by atoms with E-state index in [1.807, 2.05) is 31.2 Å². The second-order valence-corrected chi connectivity index (χ2v) is 5.71. The Morgan fingerprint density at radius 3 is 2.42 bits per heavy atom. The molecule has 26 heavy (non-hydrogen) atoms. The highest BCUT2D eigenvalue weighted by Gasteiger charge is 2.10. The third-order valence-corrected chi connectivity index (χ3v) is 3.66. The number of nitrogens with one attached hydrogen (secondary N) is 2. The van der Waals surface area contributed by atoms with Crippen molar-refractivity contribution in [3.05, 3.63) is 83.3 Å². The minimum absolute atomic E-state index is 0.0654. The molecule has 0 bridgehead atoms. The van der Waals surface area contributed by atoms with E-state index in [1.165, 1.54) is 24.0 Å². The molecule has 5 nitrogen and oxygen atoms in total. The van der Waals surface area contributed by atoms with E-state index in [0.717, 1.165) is 17.7 Å². The van der Waals surface area contributed by atoms with Gasteiger partial charge in [-0.15, -0.1) is 0 Å². The number of carbonyl (C=O) groups excluding carboxylic acids is 1. The lowest BCUT2D eigenvalue weighted by molar-refractivity contribution is 0.102. The van der Waals surface area contributed by atoms with Gasteiger partial charge in [-0.05, 0) is 24.6 Å². The number of hydrogen-bond donors (Lipinski definition) is 2. The second-order valence-electron chi connectivity index (χ2n) is 5.71. The lowest BCUT2D eigenvalue weighted by Gasteiger charge is -2.07. The molecule has 0 spiro atoms. The largest absolute Gasteiger partial charge is 0.365 e. The highest BCUT2D eigenvalue weighted by Crippen LogP contribution is 2.14. The van der Waals surface area contributed by atoms with Crippen LogP contribution in [0, 0.1) is 18.6 Å². The van der Waals surface area contributed by atoms with Gasteiger partial charge in [0.2, 0.25) is 0 Å². The lowest BCUT2D eigenvalue weighted by atomic mass is 10.1. The van der Waals surface area contributed by atoms with Crippen molar-refractivity contribution in [3.63, 3.8) is 0 Å². The molecule has 1 amide bonds. The van der Waals surface area contributed by atoms with Crippen LogP contribution in [0.4, 0.5) is 20.3 Å². The first-order valence-corrected chi connectivity index (χ1v) is 7.89. The Morgan fingerprint density at radius 2 is 1.77 bits per heavy atom. The first kappa shape index (κ1) is 17.5. The minimum Gasteiger partial charge on any atom is -0.365 e. The summed E-state index contributed by atoms with van der Waals surface area (Å²) in [4.78, 5) is 20.3. The van der Waals surface area contributed by atoms with Gasteiger partial charge in [0.1, 0.15) is 11.5 Å². The number of hydrogen-bond acceptors (Lipinski definition) is 4. The summed E-state index contributed by atoms with van der Waals surface area (Å²) in [5.41, 5.74) is 2.48. The number of rotatable bonds is 5. The van der Waals surface area contributed by atoms with E-state index >= 15 is 0 Å². The number of aryl methyl sites for hydroxylation is 1. The average molecular weight is 354 g/mol. The lowest BCUT2D eigenvalue weighted by Crippen LogP contribution is -2.14. The number of anilines is 2. The molecule has 0 atom stereocenters. The molecular formula is C19H16F2N4O. The SMILES string of the molecule is Cc1ccc(CNc2cnc(C(=O)Nc3ccc(F)c(F)c3)cn2)cc1. The molecule has 0 aliphatic heterocycles. The first-order chi connectivity index (χ1) is 12.5. The van der Waals surface area contributed by atoms with Gasteiger partial charge >= 0.3 is 0 Å². The summed E-state index contributed by atoms with van der Waals surface area (Å²) in [7, 11) is 0. The second kappa shape index (κ2) is 7.69. The standard InChI is InChI=1S/C19H16F2N4O/c1-12-2-4-13(5-3-12)9-23-18-11-22-17(10-24-18)19(26)25-14-6-7-15(20)16(21)8-14/h2-8,10-11H,9H2,1H3,(H,23,24)(H,25,26). The number of nitrogens with zero attached hydrogens (tertiary/aromatic N) is 2. The van der Waals surface area contributed by atoms with E-state index in [0.29, 0.717) is 12.4 Å². The molecule has 3 aromatic rings. The van der Waals surface area contributed by atoms with E-state index in [1.54, 1.807) is 0 Å². The maximum absolute atomic E-state index is 13.2. The number of benzene rings is 2. The summed E-state index contributed by atoms with van der Waals surface area (Å²) in [6, 6.07) is 11.2. The normalized spacial score (nSPS) is 10.4. The van der Waals surface area contributed by atoms with Crippen LogP contribution in [0.1, 0.15) is 21.6 Å². The van der Waals surface area contributed by atoms with Gasteiger partial charge in [0.15, 0.2) is 11.6 Å². The van der Waals surface area contributed by atoms with Gasteiger partial charge in [0.25, 0.3) is 5.91 Å². The van der Waals surface area contributed by atoms with E-state index in [4.69, 9.17) is 0 Å². The molecule has 0 radical (unpaired) electrons. The van der Waals surface area contributed by atoms with Crippen molar-refractivity contribution in [2.24, 2.45) is 0 Å². The van der Waals surface area contributed by atoms with Crippen molar-refractivity contribution < 1.29 is 13.6 Å². The molecule has 0 aliphatic rings.